The summed E-state index contributed by atoms with van der Waals surface area (Å²) in [5.41, 5.74) is 0. The predicted octanol–water partition coefficient (Wildman–Crippen LogP) is 0.887. The molecule has 0 heterocycles. The van der Waals surface area contributed by atoms with Crippen molar-refractivity contribution in [3.63, 3.8) is 0 Å². The van der Waals surface area contributed by atoms with Crippen molar-refractivity contribution in [3.8, 4) is 11.5 Å². The van der Waals surface area contributed by atoms with Crippen molar-refractivity contribution in [2.24, 2.45) is 0 Å². The molecule has 1 aromatic carbocycles. The van der Waals surface area contributed by atoms with Crippen molar-refractivity contribution in [3.05, 3.63) is 18.2 Å². The molecule has 0 unspecified atom stereocenters. The van der Waals surface area contributed by atoms with Crippen LogP contribution >= 0.6 is 0 Å². The van der Waals surface area contributed by atoms with Crippen molar-refractivity contribution in [1.82, 2.24) is 4.31 Å². The third-order valence-electron chi connectivity index (χ3n) is 2.92. The van der Waals surface area contributed by atoms with Crippen LogP contribution in [0.25, 0.3) is 0 Å². The summed E-state index contributed by atoms with van der Waals surface area (Å²) >= 11 is 0. The van der Waals surface area contributed by atoms with Crippen molar-refractivity contribution >= 4 is 16.0 Å². The van der Waals surface area contributed by atoms with E-state index in [0.29, 0.717) is 5.75 Å². The zero-order chi connectivity index (χ0) is 16.0. The van der Waals surface area contributed by atoms with Gasteiger partial charge in [0, 0.05) is 19.7 Å². The fraction of sp³-hybridized carbons (Fsp3) is 0.462. The number of ether oxygens (including phenoxy) is 3. The zero-order valence-electron chi connectivity index (χ0n) is 12.5. The molecule has 1 rings (SSSR count). The van der Waals surface area contributed by atoms with Gasteiger partial charge in [-0.1, -0.05) is 0 Å². The Bertz CT molecular complexity index is 599. The molecule has 1 aromatic rings. The van der Waals surface area contributed by atoms with Crippen LogP contribution in [0.4, 0.5) is 0 Å². The lowest BCUT2D eigenvalue weighted by Crippen LogP contribution is -2.29. The number of hydrogen-bond donors (Lipinski definition) is 0. The third kappa shape index (κ3) is 4.08. The van der Waals surface area contributed by atoms with Crippen LogP contribution in [0.15, 0.2) is 23.1 Å². The summed E-state index contributed by atoms with van der Waals surface area (Å²) < 4.78 is 40.6. The number of hydrogen-bond acceptors (Lipinski definition) is 6. The maximum atomic E-state index is 12.5. The van der Waals surface area contributed by atoms with E-state index in [0.717, 1.165) is 4.31 Å². The van der Waals surface area contributed by atoms with Gasteiger partial charge in [-0.05, 0) is 12.1 Å². The Kier molecular flexibility index (Phi) is 5.98. The second-order valence-electron chi connectivity index (χ2n) is 4.17. The van der Waals surface area contributed by atoms with Crippen LogP contribution in [-0.2, 0) is 19.6 Å². The van der Waals surface area contributed by atoms with Crippen molar-refractivity contribution in [2.45, 2.75) is 11.3 Å². The summed E-state index contributed by atoms with van der Waals surface area (Å²) in [5.74, 6) is 0.195. The summed E-state index contributed by atoms with van der Waals surface area (Å²) in [6.45, 7) is 0.0180. The number of nitrogens with zero attached hydrogens (tertiary/aromatic N) is 1. The van der Waals surface area contributed by atoms with Crippen LogP contribution in [-0.4, -0.2) is 53.6 Å². The van der Waals surface area contributed by atoms with Gasteiger partial charge in [0.25, 0.3) is 0 Å². The maximum Gasteiger partial charge on any atom is 0.306 e. The molecule has 8 heteroatoms. The number of carbonyl (C=O) groups excluding carboxylic acids is 1. The lowest BCUT2D eigenvalue weighted by Gasteiger charge is -2.18. The summed E-state index contributed by atoms with van der Waals surface area (Å²) in [6, 6.07) is 4.42. The highest BCUT2D eigenvalue weighted by molar-refractivity contribution is 7.89. The normalized spacial score (nSPS) is 11.3. The first kappa shape index (κ1) is 17.3. The number of sulfonamides is 1. The van der Waals surface area contributed by atoms with Gasteiger partial charge in [-0.15, -0.1) is 0 Å². The maximum absolute atomic E-state index is 12.5. The van der Waals surface area contributed by atoms with E-state index in [1.165, 1.54) is 46.6 Å². The Morgan fingerprint density at radius 3 is 2.38 bits per heavy atom. The molecular formula is C13H19NO6S. The molecule has 0 fully saturated rings. The average molecular weight is 317 g/mol. The molecule has 0 saturated heterocycles. The van der Waals surface area contributed by atoms with Crippen molar-refractivity contribution < 1.29 is 27.4 Å². The second-order valence-corrected chi connectivity index (χ2v) is 6.18. The van der Waals surface area contributed by atoms with E-state index in [-0.39, 0.29) is 23.6 Å². The Hall–Kier alpha value is -1.80. The highest BCUT2D eigenvalue weighted by Gasteiger charge is 2.25. The summed E-state index contributed by atoms with van der Waals surface area (Å²) in [5, 5.41) is 0. The quantitative estimate of drug-likeness (QED) is 0.695. The lowest BCUT2D eigenvalue weighted by molar-refractivity contribution is -0.140. The van der Waals surface area contributed by atoms with Gasteiger partial charge < -0.3 is 14.2 Å². The van der Waals surface area contributed by atoms with Gasteiger partial charge in [0.05, 0.1) is 27.8 Å². The minimum absolute atomic E-state index is 0.0122. The molecule has 0 radical (unpaired) electrons. The molecule has 0 aliphatic rings. The Morgan fingerprint density at radius 1 is 1.19 bits per heavy atom. The van der Waals surface area contributed by atoms with Gasteiger partial charge in [0.2, 0.25) is 10.0 Å². The Balaban J connectivity index is 3.04. The van der Waals surface area contributed by atoms with E-state index in [1.54, 1.807) is 0 Å². The highest BCUT2D eigenvalue weighted by atomic mass is 32.2. The molecule has 0 aliphatic heterocycles. The Labute approximate surface area is 124 Å². The van der Waals surface area contributed by atoms with Crippen LogP contribution in [0.2, 0.25) is 0 Å². The third-order valence-corrected chi connectivity index (χ3v) is 4.81. The van der Waals surface area contributed by atoms with Crippen LogP contribution < -0.4 is 9.47 Å². The molecule has 7 nitrogen and oxygen atoms in total. The van der Waals surface area contributed by atoms with Crippen LogP contribution in [0.1, 0.15) is 6.42 Å². The van der Waals surface area contributed by atoms with Gasteiger partial charge >= 0.3 is 5.97 Å². The van der Waals surface area contributed by atoms with Gasteiger partial charge in [-0.3, -0.25) is 4.79 Å². The smallest absolute Gasteiger partial charge is 0.306 e. The molecule has 0 bridgehead atoms. The average Bonchev–Trinajstić information content (AvgIpc) is 2.50. The van der Waals surface area contributed by atoms with E-state index in [4.69, 9.17) is 9.47 Å². The zero-order valence-corrected chi connectivity index (χ0v) is 13.3. The van der Waals surface area contributed by atoms with Gasteiger partial charge in [0.15, 0.2) is 0 Å². The van der Waals surface area contributed by atoms with E-state index >= 15 is 0 Å². The molecule has 0 aliphatic carbocycles. The number of rotatable bonds is 7. The van der Waals surface area contributed by atoms with Crippen molar-refractivity contribution in [1.29, 1.82) is 0 Å². The van der Waals surface area contributed by atoms with E-state index in [1.807, 2.05) is 0 Å². The van der Waals surface area contributed by atoms with E-state index in [2.05, 4.69) is 4.74 Å². The minimum Gasteiger partial charge on any atom is -0.497 e. The van der Waals surface area contributed by atoms with Crippen LogP contribution in [0.5, 0.6) is 11.5 Å². The number of carbonyl (C=O) groups is 1. The number of esters is 1. The number of benzene rings is 1. The van der Waals surface area contributed by atoms with Crippen LogP contribution in [0.3, 0.4) is 0 Å². The van der Waals surface area contributed by atoms with Gasteiger partial charge in [0.1, 0.15) is 16.4 Å². The Morgan fingerprint density at radius 2 is 1.86 bits per heavy atom. The molecule has 118 valence electrons. The standard InChI is InChI=1S/C13H19NO6S/c1-14(8-7-13(15)20-4)21(16,17)12-6-5-10(18-2)9-11(12)19-3/h5-6,9H,7-8H2,1-4H3. The van der Waals surface area contributed by atoms with E-state index in [9.17, 15) is 13.2 Å². The first-order valence-corrected chi connectivity index (χ1v) is 7.56. The molecular weight excluding hydrogens is 298 g/mol. The molecule has 0 atom stereocenters. The van der Waals surface area contributed by atoms with Crippen LogP contribution in [0, 0.1) is 0 Å². The monoisotopic (exact) mass is 317 g/mol. The lowest BCUT2D eigenvalue weighted by atomic mass is 10.3. The summed E-state index contributed by atoms with van der Waals surface area (Å²) in [7, 11) is 1.73. The minimum atomic E-state index is -3.77. The molecule has 0 amide bonds. The molecule has 0 spiro atoms. The number of methoxy groups -OCH3 is 3. The largest absolute Gasteiger partial charge is 0.497 e. The van der Waals surface area contributed by atoms with E-state index < -0.39 is 16.0 Å². The SMILES string of the molecule is COC(=O)CCN(C)S(=O)(=O)c1ccc(OC)cc1OC. The summed E-state index contributed by atoms with van der Waals surface area (Å²) in [4.78, 5) is 11.1. The van der Waals surface area contributed by atoms with Crippen molar-refractivity contribution in [2.75, 3.05) is 34.9 Å². The molecule has 21 heavy (non-hydrogen) atoms. The molecule has 0 saturated carbocycles. The first-order valence-electron chi connectivity index (χ1n) is 6.12. The molecule has 0 N–H and O–H groups in total. The van der Waals surface area contributed by atoms with Gasteiger partial charge in [-0.25, -0.2) is 12.7 Å². The summed E-state index contributed by atoms with van der Waals surface area (Å²) in [6.07, 6.45) is -0.0231. The second kappa shape index (κ2) is 7.28. The predicted molar refractivity (Wildman–Crippen MR) is 76.0 cm³/mol. The fourth-order valence-electron chi connectivity index (χ4n) is 1.63. The fourth-order valence-corrected chi connectivity index (χ4v) is 2.93. The highest BCUT2D eigenvalue weighted by Crippen LogP contribution is 2.30. The first-order chi connectivity index (χ1) is 9.86. The molecule has 0 aromatic heterocycles. The van der Waals surface area contributed by atoms with Gasteiger partial charge in [-0.2, -0.15) is 0 Å². The topological polar surface area (TPSA) is 82.1 Å².